The number of rotatable bonds is 4. The number of thiophene rings is 1. The molecule has 0 aliphatic rings. The first-order chi connectivity index (χ1) is 8.63. The van der Waals surface area contributed by atoms with Crippen LogP contribution in [0.15, 0.2) is 38.6 Å². The van der Waals surface area contributed by atoms with E-state index >= 15 is 0 Å². The van der Waals surface area contributed by atoms with E-state index in [2.05, 4.69) is 31.9 Å². The molecule has 1 heterocycles. The van der Waals surface area contributed by atoms with Gasteiger partial charge in [0, 0.05) is 9.35 Å². The highest BCUT2D eigenvalue weighted by Gasteiger charge is 2.16. The van der Waals surface area contributed by atoms with Gasteiger partial charge in [-0.1, -0.05) is 6.07 Å². The van der Waals surface area contributed by atoms with E-state index < -0.39 is 0 Å². The van der Waals surface area contributed by atoms with Gasteiger partial charge in [0.2, 0.25) is 0 Å². The molecule has 0 amide bonds. The highest BCUT2D eigenvalue weighted by Crippen LogP contribution is 2.39. The first-order valence-electron chi connectivity index (χ1n) is 5.42. The number of benzene rings is 1. The summed E-state index contributed by atoms with van der Waals surface area (Å²) in [6.07, 6.45) is 0. The van der Waals surface area contributed by atoms with Crippen LogP contribution in [-0.2, 0) is 0 Å². The third-order valence-electron chi connectivity index (χ3n) is 2.42. The summed E-state index contributed by atoms with van der Waals surface area (Å²) in [5.74, 6) is 0.843. The van der Waals surface area contributed by atoms with Crippen molar-refractivity contribution in [3.8, 4) is 5.75 Å². The molecule has 0 fully saturated rings. The quantitative estimate of drug-likeness (QED) is 0.562. The van der Waals surface area contributed by atoms with Gasteiger partial charge in [0.1, 0.15) is 5.75 Å². The van der Waals surface area contributed by atoms with E-state index in [4.69, 9.17) is 16.3 Å². The monoisotopic (exact) mass is 408 g/mol. The molecule has 18 heavy (non-hydrogen) atoms. The molecule has 0 N–H and O–H groups in total. The van der Waals surface area contributed by atoms with Crippen LogP contribution in [0.1, 0.15) is 22.7 Å². The van der Waals surface area contributed by atoms with Gasteiger partial charge in [-0.15, -0.1) is 22.9 Å². The van der Waals surface area contributed by atoms with Crippen molar-refractivity contribution in [2.75, 3.05) is 6.61 Å². The van der Waals surface area contributed by atoms with Crippen LogP contribution < -0.4 is 4.74 Å². The number of halogens is 3. The van der Waals surface area contributed by atoms with Crippen LogP contribution in [0.3, 0.4) is 0 Å². The summed E-state index contributed by atoms with van der Waals surface area (Å²) < 4.78 is 7.47. The van der Waals surface area contributed by atoms with E-state index in [1.807, 2.05) is 36.6 Å². The zero-order valence-electron chi connectivity index (χ0n) is 9.62. The van der Waals surface area contributed by atoms with Crippen LogP contribution in [0.4, 0.5) is 0 Å². The van der Waals surface area contributed by atoms with Crippen LogP contribution >= 0.6 is 54.8 Å². The van der Waals surface area contributed by atoms with E-state index in [0.29, 0.717) is 6.61 Å². The van der Waals surface area contributed by atoms with Gasteiger partial charge in [0.25, 0.3) is 0 Å². The second kappa shape index (κ2) is 6.42. The first kappa shape index (κ1) is 14.4. The second-order valence-corrected chi connectivity index (χ2v) is 6.71. The van der Waals surface area contributed by atoms with E-state index in [1.54, 1.807) is 11.3 Å². The number of alkyl halides is 1. The fraction of sp³-hybridized carbons (Fsp3) is 0.231. The Hall–Kier alpha value is -0.0300. The number of hydrogen-bond donors (Lipinski definition) is 0. The Morgan fingerprint density at radius 2 is 2.06 bits per heavy atom. The van der Waals surface area contributed by atoms with Crippen LogP contribution in [-0.4, -0.2) is 6.61 Å². The molecule has 96 valence electrons. The average molecular weight is 411 g/mol. The minimum atomic E-state index is -0.147. The molecule has 0 saturated heterocycles. The Kier molecular flexibility index (Phi) is 5.13. The predicted molar refractivity (Wildman–Crippen MR) is 85.0 cm³/mol. The van der Waals surface area contributed by atoms with Crippen molar-refractivity contribution in [3.63, 3.8) is 0 Å². The van der Waals surface area contributed by atoms with Gasteiger partial charge < -0.3 is 4.74 Å². The Morgan fingerprint density at radius 1 is 1.28 bits per heavy atom. The molecule has 5 heteroatoms. The Morgan fingerprint density at radius 3 is 2.61 bits per heavy atom. The van der Waals surface area contributed by atoms with Crippen LogP contribution in [0.2, 0.25) is 0 Å². The molecule has 1 nitrogen and oxygen atoms in total. The van der Waals surface area contributed by atoms with Crippen LogP contribution in [0.25, 0.3) is 0 Å². The third-order valence-corrected chi connectivity index (χ3v) is 5.58. The third kappa shape index (κ3) is 3.10. The minimum Gasteiger partial charge on any atom is -0.493 e. The summed E-state index contributed by atoms with van der Waals surface area (Å²) in [6.45, 7) is 2.62. The average Bonchev–Trinajstić information content (AvgIpc) is 2.77. The van der Waals surface area contributed by atoms with E-state index in [0.717, 1.165) is 25.1 Å². The second-order valence-electron chi connectivity index (χ2n) is 3.62. The smallest absolute Gasteiger partial charge is 0.133 e. The standard InChI is InChI=1S/C13H11Br2ClOS/c1-2-17-11-4-3-8(7-10(11)15)12(16)13-9(14)5-6-18-13/h3-7,12H,2H2,1H3. The lowest BCUT2D eigenvalue weighted by Crippen LogP contribution is -1.95. The molecule has 2 rings (SSSR count). The lowest BCUT2D eigenvalue weighted by Gasteiger charge is -2.12. The minimum absolute atomic E-state index is 0.147. The molecule has 1 atom stereocenters. The van der Waals surface area contributed by atoms with Crippen molar-refractivity contribution in [1.82, 2.24) is 0 Å². The molecule has 0 saturated carbocycles. The maximum Gasteiger partial charge on any atom is 0.133 e. The summed E-state index contributed by atoms with van der Waals surface area (Å²) in [5, 5.41) is 1.88. The largest absolute Gasteiger partial charge is 0.493 e. The molecule has 1 unspecified atom stereocenters. The number of hydrogen-bond acceptors (Lipinski definition) is 2. The summed E-state index contributed by atoms with van der Waals surface area (Å²) in [4.78, 5) is 1.12. The fourth-order valence-electron chi connectivity index (χ4n) is 1.58. The summed E-state index contributed by atoms with van der Waals surface area (Å²) >= 11 is 15.2. The SMILES string of the molecule is CCOc1ccc(C(Cl)c2sccc2Br)cc1Br. The maximum absolute atomic E-state index is 6.50. The van der Waals surface area contributed by atoms with Crippen molar-refractivity contribution in [1.29, 1.82) is 0 Å². The molecule has 0 aliphatic heterocycles. The summed E-state index contributed by atoms with van der Waals surface area (Å²) in [6, 6.07) is 7.97. The number of ether oxygens (including phenoxy) is 1. The molecule has 0 radical (unpaired) electrons. The topological polar surface area (TPSA) is 9.23 Å². The van der Waals surface area contributed by atoms with Gasteiger partial charge >= 0.3 is 0 Å². The Labute approximate surface area is 132 Å². The molecule has 1 aromatic heterocycles. The van der Waals surface area contributed by atoms with Gasteiger partial charge in [-0.25, -0.2) is 0 Å². The molecule has 2 aromatic rings. The Bertz CT molecular complexity index is 542. The molecule has 0 bridgehead atoms. The van der Waals surface area contributed by atoms with Gasteiger partial charge in [-0.05, 0) is 67.9 Å². The Balaban J connectivity index is 2.29. The van der Waals surface area contributed by atoms with E-state index in [9.17, 15) is 0 Å². The molecule has 1 aromatic carbocycles. The fourth-order valence-corrected chi connectivity index (χ4v) is 4.24. The lowest BCUT2D eigenvalue weighted by molar-refractivity contribution is 0.338. The lowest BCUT2D eigenvalue weighted by atomic mass is 10.1. The van der Waals surface area contributed by atoms with Crippen molar-refractivity contribution in [2.24, 2.45) is 0 Å². The molecular formula is C13H11Br2ClOS. The van der Waals surface area contributed by atoms with Gasteiger partial charge in [-0.2, -0.15) is 0 Å². The van der Waals surface area contributed by atoms with Gasteiger partial charge in [0.15, 0.2) is 0 Å². The maximum atomic E-state index is 6.50. The van der Waals surface area contributed by atoms with Crippen molar-refractivity contribution < 1.29 is 4.74 Å². The molecule has 0 spiro atoms. The molecular weight excluding hydrogens is 399 g/mol. The zero-order valence-corrected chi connectivity index (χ0v) is 14.4. The molecule has 0 aliphatic carbocycles. The first-order valence-corrected chi connectivity index (χ1v) is 8.33. The van der Waals surface area contributed by atoms with E-state index in [-0.39, 0.29) is 5.38 Å². The summed E-state index contributed by atoms with van der Waals surface area (Å²) in [5.41, 5.74) is 1.05. The summed E-state index contributed by atoms with van der Waals surface area (Å²) in [7, 11) is 0. The highest BCUT2D eigenvalue weighted by atomic mass is 79.9. The van der Waals surface area contributed by atoms with Crippen molar-refractivity contribution in [2.45, 2.75) is 12.3 Å². The highest BCUT2D eigenvalue weighted by molar-refractivity contribution is 9.10. The zero-order chi connectivity index (χ0) is 13.1. The van der Waals surface area contributed by atoms with Gasteiger partial charge in [0.05, 0.1) is 16.5 Å². The van der Waals surface area contributed by atoms with Crippen molar-refractivity contribution in [3.05, 3.63) is 49.0 Å². The van der Waals surface area contributed by atoms with Crippen LogP contribution in [0.5, 0.6) is 5.75 Å². The van der Waals surface area contributed by atoms with Crippen LogP contribution in [0, 0.1) is 0 Å². The van der Waals surface area contributed by atoms with E-state index in [1.165, 1.54) is 0 Å². The van der Waals surface area contributed by atoms with Gasteiger partial charge in [-0.3, -0.25) is 0 Å². The normalized spacial score (nSPS) is 12.4. The van der Waals surface area contributed by atoms with Crippen molar-refractivity contribution >= 4 is 54.8 Å². The predicted octanol–water partition coefficient (Wildman–Crippen LogP) is 6.00.